The molecule has 0 aliphatic carbocycles. The van der Waals surface area contributed by atoms with Crippen LogP contribution in [0.15, 0.2) is 106 Å². The van der Waals surface area contributed by atoms with Crippen LogP contribution in [-0.2, 0) is 22.6 Å². The van der Waals surface area contributed by atoms with Crippen LogP contribution in [0.2, 0.25) is 0 Å². The summed E-state index contributed by atoms with van der Waals surface area (Å²) in [5.74, 6) is -0.500. The fourth-order valence-electron chi connectivity index (χ4n) is 5.06. The van der Waals surface area contributed by atoms with Crippen molar-refractivity contribution in [2.75, 3.05) is 26.8 Å². The number of aryl methyl sites for hydroxylation is 1. The van der Waals surface area contributed by atoms with E-state index in [2.05, 4.69) is 0 Å². The van der Waals surface area contributed by atoms with E-state index in [0.29, 0.717) is 41.7 Å². The summed E-state index contributed by atoms with van der Waals surface area (Å²) in [4.78, 5) is 44.3. The molecule has 7 nitrogen and oxygen atoms in total. The van der Waals surface area contributed by atoms with Gasteiger partial charge in [0.25, 0.3) is 5.91 Å². The Morgan fingerprint density at radius 1 is 0.833 bits per heavy atom. The summed E-state index contributed by atoms with van der Waals surface area (Å²) in [7, 11) is 1.61. The highest BCUT2D eigenvalue weighted by atomic mass is 16.5. The molecule has 0 bridgehead atoms. The number of amides is 2. The molecule has 1 aromatic heterocycles. The molecule has 0 saturated carbocycles. The number of hydrogen-bond acceptors (Lipinski definition) is 5. The number of rotatable bonds is 11. The molecular formula is C35H34N2O5. The van der Waals surface area contributed by atoms with E-state index < -0.39 is 0 Å². The molecule has 5 aromatic rings. The van der Waals surface area contributed by atoms with Crippen molar-refractivity contribution >= 4 is 33.6 Å². The quantitative estimate of drug-likeness (QED) is 0.186. The summed E-state index contributed by atoms with van der Waals surface area (Å²) in [5, 5.41) is 2.47. The van der Waals surface area contributed by atoms with Crippen molar-refractivity contribution in [1.29, 1.82) is 0 Å². The van der Waals surface area contributed by atoms with Crippen LogP contribution in [0.1, 0.15) is 33.5 Å². The molecule has 0 unspecified atom stereocenters. The highest BCUT2D eigenvalue weighted by Gasteiger charge is 2.24. The smallest absolute Gasteiger partial charge is 0.254 e. The average molecular weight is 563 g/mol. The first-order valence-corrected chi connectivity index (χ1v) is 14.0. The van der Waals surface area contributed by atoms with Crippen molar-refractivity contribution < 1.29 is 18.7 Å². The van der Waals surface area contributed by atoms with Gasteiger partial charge in [0.2, 0.25) is 5.91 Å². The number of hydrogen-bond donors (Lipinski definition) is 0. The third kappa shape index (κ3) is 6.75. The summed E-state index contributed by atoms with van der Waals surface area (Å²) >= 11 is 0. The lowest BCUT2D eigenvalue weighted by molar-refractivity contribution is -0.133. The summed E-state index contributed by atoms with van der Waals surface area (Å²) in [5.41, 5.74) is 3.08. The standard InChI is InChI=1S/C35H34N2O5/c1-25-13-16-32-31(19-25)34(39)30(24-42-32)22-37(21-26-9-4-3-5-10-26)33(38)23-36(17-8-18-41-2)35(40)29-15-14-27-11-6-7-12-28(27)20-29/h3-7,9-16,19-20,24H,8,17-18,21-23H2,1-2H3. The van der Waals surface area contributed by atoms with Crippen LogP contribution in [0.4, 0.5) is 0 Å². The maximum atomic E-state index is 13.9. The van der Waals surface area contributed by atoms with Gasteiger partial charge in [0.15, 0.2) is 5.43 Å². The number of methoxy groups -OCH3 is 1. The van der Waals surface area contributed by atoms with Crippen LogP contribution in [0.5, 0.6) is 0 Å². The molecule has 42 heavy (non-hydrogen) atoms. The maximum absolute atomic E-state index is 13.9. The number of nitrogens with zero attached hydrogens (tertiary/aromatic N) is 2. The Balaban J connectivity index is 1.44. The van der Waals surface area contributed by atoms with Gasteiger partial charge in [-0.25, -0.2) is 0 Å². The summed E-state index contributed by atoms with van der Waals surface area (Å²) < 4.78 is 11.0. The molecule has 7 heteroatoms. The summed E-state index contributed by atoms with van der Waals surface area (Å²) in [6, 6.07) is 28.5. The van der Waals surface area contributed by atoms with Gasteiger partial charge in [-0.05, 0) is 53.9 Å². The molecule has 0 atom stereocenters. The molecule has 0 saturated heterocycles. The zero-order valence-corrected chi connectivity index (χ0v) is 23.9. The highest BCUT2D eigenvalue weighted by molar-refractivity contribution is 6.00. The van der Waals surface area contributed by atoms with E-state index in [1.165, 1.54) is 6.26 Å². The zero-order valence-electron chi connectivity index (χ0n) is 23.9. The van der Waals surface area contributed by atoms with Crippen molar-refractivity contribution in [2.24, 2.45) is 0 Å². The van der Waals surface area contributed by atoms with Gasteiger partial charge in [-0.2, -0.15) is 0 Å². The first-order valence-electron chi connectivity index (χ1n) is 14.0. The van der Waals surface area contributed by atoms with Crippen LogP contribution in [0.3, 0.4) is 0 Å². The largest absolute Gasteiger partial charge is 0.464 e. The van der Waals surface area contributed by atoms with E-state index in [0.717, 1.165) is 21.9 Å². The predicted octanol–water partition coefficient (Wildman–Crippen LogP) is 5.96. The lowest BCUT2D eigenvalue weighted by Gasteiger charge is -2.28. The van der Waals surface area contributed by atoms with Crippen LogP contribution >= 0.6 is 0 Å². The second kappa shape index (κ2) is 13.3. The van der Waals surface area contributed by atoms with Gasteiger partial charge in [0, 0.05) is 32.4 Å². The van der Waals surface area contributed by atoms with Crippen molar-refractivity contribution in [3.05, 3.63) is 130 Å². The molecule has 1 heterocycles. The molecule has 0 spiro atoms. The fraction of sp³-hybridized carbons (Fsp3) is 0.229. The Bertz CT molecular complexity index is 1760. The summed E-state index contributed by atoms with van der Waals surface area (Å²) in [6.45, 7) is 2.92. The first-order chi connectivity index (χ1) is 20.4. The molecule has 0 aliphatic heterocycles. The molecule has 214 valence electrons. The Hall–Kier alpha value is -4.75. The normalized spacial score (nSPS) is 11.1. The number of carbonyl (C=O) groups excluding carboxylic acids is 2. The summed E-state index contributed by atoms with van der Waals surface area (Å²) in [6.07, 6.45) is 2.01. The van der Waals surface area contributed by atoms with Crippen molar-refractivity contribution in [2.45, 2.75) is 26.4 Å². The van der Waals surface area contributed by atoms with Gasteiger partial charge in [0.1, 0.15) is 12.1 Å². The highest BCUT2D eigenvalue weighted by Crippen LogP contribution is 2.19. The molecule has 0 N–H and O–H groups in total. The minimum Gasteiger partial charge on any atom is -0.464 e. The molecule has 2 amide bonds. The van der Waals surface area contributed by atoms with E-state index in [1.807, 2.05) is 79.7 Å². The fourth-order valence-corrected chi connectivity index (χ4v) is 5.06. The van der Waals surface area contributed by atoms with Crippen LogP contribution in [0, 0.1) is 6.92 Å². The molecule has 5 rings (SSSR count). The van der Waals surface area contributed by atoms with Crippen LogP contribution < -0.4 is 5.43 Å². The van der Waals surface area contributed by atoms with Crippen LogP contribution in [0.25, 0.3) is 21.7 Å². The Morgan fingerprint density at radius 2 is 1.60 bits per heavy atom. The molecule has 0 fully saturated rings. The minimum absolute atomic E-state index is 0.0516. The van der Waals surface area contributed by atoms with Crippen LogP contribution in [-0.4, -0.2) is 48.4 Å². The van der Waals surface area contributed by atoms with Crippen molar-refractivity contribution in [3.8, 4) is 0 Å². The third-order valence-corrected chi connectivity index (χ3v) is 7.32. The number of carbonyl (C=O) groups is 2. The Morgan fingerprint density at radius 3 is 2.38 bits per heavy atom. The lowest BCUT2D eigenvalue weighted by atomic mass is 10.1. The number of fused-ring (bicyclic) bond motifs is 2. The lowest BCUT2D eigenvalue weighted by Crippen LogP contribution is -2.43. The third-order valence-electron chi connectivity index (χ3n) is 7.32. The monoisotopic (exact) mass is 562 g/mol. The maximum Gasteiger partial charge on any atom is 0.254 e. The second-order valence-corrected chi connectivity index (χ2v) is 10.5. The van der Waals surface area contributed by atoms with Gasteiger partial charge in [-0.15, -0.1) is 0 Å². The van der Waals surface area contributed by atoms with E-state index in [4.69, 9.17) is 9.15 Å². The van der Waals surface area contributed by atoms with E-state index in [9.17, 15) is 14.4 Å². The van der Waals surface area contributed by atoms with Crippen molar-refractivity contribution in [1.82, 2.24) is 9.80 Å². The van der Waals surface area contributed by atoms with Gasteiger partial charge >= 0.3 is 0 Å². The average Bonchev–Trinajstić information content (AvgIpc) is 3.01. The molecular weight excluding hydrogens is 528 g/mol. The molecule has 4 aromatic carbocycles. The predicted molar refractivity (Wildman–Crippen MR) is 164 cm³/mol. The molecule has 0 aliphatic rings. The van der Waals surface area contributed by atoms with E-state index in [1.54, 1.807) is 35.1 Å². The zero-order chi connectivity index (χ0) is 29.5. The van der Waals surface area contributed by atoms with Crippen molar-refractivity contribution in [3.63, 3.8) is 0 Å². The van der Waals surface area contributed by atoms with E-state index in [-0.39, 0.29) is 36.9 Å². The van der Waals surface area contributed by atoms with Gasteiger partial charge in [0.05, 0.1) is 23.8 Å². The Kier molecular flexibility index (Phi) is 9.09. The number of ether oxygens (including phenoxy) is 1. The van der Waals surface area contributed by atoms with Gasteiger partial charge in [-0.3, -0.25) is 14.4 Å². The topological polar surface area (TPSA) is 80.1 Å². The van der Waals surface area contributed by atoms with Gasteiger partial charge < -0.3 is 19.0 Å². The minimum atomic E-state index is -0.269. The second-order valence-electron chi connectivity index (χ2n) is 10.5. The number of benzene rings is 4. The SMILES string of the molecule is COCCCN(CC(=O)N(Cc1ccccc1)Cc1coc2ccc(C)cc2c1=O)C(=O)c1ccc2ccccc2c1. The van der Waals surface area contributed by atoms with E-state index >= 15 is 0 Å². The Labute approximate surface area is 244 Å². The van der Waals surface area contributed by atoms with Gasteiger partial charge in [-0.1, -0.05) is 72.3 Å². The molecule has 0 radical (unpaired) electrons. The first kappa shape index (κ1) is 28.8.